The second-order valence-corrected chi connectivity index (χ2v) is 5.60. The molecule has 3 rings (SSSR count). The number of nitrogens with two attached hydrogens (primary N) is 1. The molecule has 2 aromatic heterocycles. The van der Waals surface area contributed by atoms with E-state index >= 15 is 0 Å². The Kier molecular flexibility index (Phi) is 3.68. The van der Waals surface area contributed by atoms with Gasteiger partial charge in [0, 0.05) is 13.1 Å². The molecular weight excluding hydrogens is 268 g/mol. The molecule has 1 saturated carbocycles. The minimum absolute atomic E-state index is 0.516. The summed E-state index contributed by atoms with van der Waals surface area (Å²) in [7, 11) is 1.95. The highest BCUT2D eigenvalue weighted by Crippen LogP contribution is 2.31. The van der Waals surface area contributed by atoms with E-state index in [1.807, 2.05) is 37.1 Å². The standard InChI is InChI=1S/C15H20N4O2/c1-10-7-12(18-21-10)8-19(2)14-6-5-13(16)15(17-14)20-9-11-3-4-11/h5-7,11H,3-4,8-9,16H2,1-2H3. The lowest BCUT2D eigenvalue weighted by atomic mass is 10.3. The molecule has 0 atom stereocenters. The predicted octanol–water partition coefficient (Wildman–Crippen LogP) is 2.39. The van der Waals surface area contributed by atoms with Crippen molar-refractivity contribution in [3.8, 4) is 5.88 Å². The van der Waals surface area contributed by atoms with Crippen molar-refractivity contribution >= 4 is 11.5 Å². The van der Waals surface area contributed by atoms with Crippen molar-refractivity contribution in [2.24, 2.45) is 5.92 Å². The molecule has 0 radical (unpaired) electrons. The van der Waals surface area contributed by atoms with Gasteiger partial charge in [-0.25, -0.2) is 0 Å². The third-order valence-corrected chi connectivity index (χ3v) is 3.49. The highest BCUT2D eigenvalue weighted by Gasteiger charge is 2.22. The van der Waals surface area contributed by atoms with Crippen LogP contribution in [0, 0.1) is 12.8 Å². The fourth-order valence-electron chi connectivity index (χ4n) is 2.07. The molecule has 1 aliphatic carbocycles. The van der Waals surface area contributed by atoms with E-state index in [0.29, 0.717) is 30.6 Å². The topological polar surface area (TPSA) is 77.4 Å². The maximum atomic E-state index is 5.92. The zero-order valence-corrected chi connectivity index (χ0v) is 12.4. The lowest BCUT2D eigenvalue weighted by Gasteiger charge is -2.18. The van der Waals surface area contributed by atoms with Crippen LogP contribution < -0.4 is 15.4 Å². The Hall–Kier alpha value is -2.24. The highest BCUT2D eigenvalue weighted by molar-refractivity contribution is 5.54. The van der Waals surface area contributed by atoms with Gasteiger partial charge in [0.15, 0.2) is 0 Å². The van der Waals surface area contributed by atoms with E-state index < -0.39 is 0 Å². The summed E-state index contributed by atoms with van der Waals surface area (Å²) in [5, 5.41) is 3.99. The summed E-state index contributed by atoms with van der Waals surface area (Å²) in [4.78, 5) is 6.48. The summed E-state index contributed by atoms with van der Waals surface area (Å²) in [6.45, 7) is 3.20. The molecular formula is C15H20N4O2. The molecule has 0 aliphatic heterocycles. The van der Waals surface area contributed by atoms with Gasteiger partial charge in [-0.05, 0) is 37.8 Å². The minimum Gasteiger partial charge on any atom is -0.476 e. The summed E-state index contributed by atoms with van der Waals surface area (Å²) in [5.41, 5.74) is 7.36. The van der Waals surface area contributed by atoms with Gasteiger partial charge in [-0.1, -0.05) is 5.16 Å². The summed E-state index contributed by atoms with van der Waals surface area (Å²) < 4.78 is 10.8. The summed E-state index contributed by atoms with van der Waals surface area (Å²) in [6.07, 6.45) is 2.48. The monoisotopic (exact) mass is 288 g/mol. The van der Waals surface area contributed by atoms with Crippen LogP contribution >= 0.6 is 0 Å². The van der Waals surface area contributed by atoms with Crippen molar-refractivity contribution in [2.45, 2.75) is 26.3 Å². The van der Waals surface area contributed by atoms with Crippen LogP contribution in [-0.2, 0) is 6.54 Å². The maximum absolute atomic E-state index is 5.92. The van der Waals surface area contributed by atoms with Crippen LogP contribution in [0.5, 0.6) is 5.88 Å². The summed E-state index contributed by atoms with van der Waals surface area (Å²) >= 11 is 0. The van der Waals surface area contributed by atoms with E-state index in [4.69, 9.17) is 15.0 Å². The number of pyridine rings is 1. The van der Waals surface area contributed by atoms with Crippen LogP contribution in [0.15, 0.2) is 22.7 Å². The molecule has 0 aromatic carbocycles. The van der Waals surface area contributed by atoms with Gasteiger partial charge < -0.3 is 19.9 Å². The number of anilines is 2. The van der Waals surface area contributed by atoms with Gasteiger partial charge in [-0.15, -0.1) is 0 Å². The molecule has 1 fully saturated rings. The second-order valence-electron chi connectivity index (χ2n) is 5.60. The molecule has 112 valence electrons. The number of hydrogen-bond acceptors (Lipinski definition) is 6. The number of rotatable bonds is 6. The van der Waals surface area contributed by atoms with Crippen molar-refractivity contribution < 1.29 is 9.26 Å². The van der Waals surface area contributed by atoms with E-state index in [9.17, 15) is 0 Å². The van der Waals surface area contributed by atoms with Crippen molar-refractivity contribution in [1.82, 2.24) is 10.1 Å². The molecule has 0 saturated heterocycles. The molecule has 2 N–H and O–H groups in total. The van der Waals surface area contributed by atoms with Gasteiger partial charge in [-0.2, -0.15) is 4.98 Å². The lowest BCUT2D eigenvalue weighted by Crippen LogP contribution is -2.18. The fraction of sp³-hybridized carbons (Fsp3) is 0.467. The van der Waals surface area contributed by atoms with Crippen LogP contribution in [0.3, 0.4) is 0 Å². The zero-order valence-electron chi connectivity index (χ0n) is 12.4. The molecule has 6 heteroatoms. The number of aryl methyl sites for hydroxylation is 1. The number of nitrogens with zero attached hydrogens (tertiary/aromatic N) is 3. The Bertz CT molecular complexity index is 622. The minimum atomic E-state index is 0.516. The predicted molar refractivity (Wildman–Crippen MR) is 80.2 cm³/mol. The van der Waals surface area contributed by atoms with E-state index in [2.05, 4.69) is 10.1 Å². The fourth-order valence-corrected chi connectivity index (χ4v) is 2.07. The number of hydrogen-bond donors (Lipinski definition) is 1. The normalized spacial score (nSPS) is 14.2. The molecule has 0 unspecified atom stereocenters. The van der Waals surface area contributed by atoms with Crippen molar-refractivity contribution in [2.75, 3.05) is 24.3 Å². The average Bonchev–Trinajstić information content (AvgIpc) is 3.20. The van der Waals surface area contributed by atoms with Crippen molar-refractivity contribution in [3.63, 3.8) is 0 Å². The molecule has 2 aromatic rings. The number of aromatic nitrogens is 2. The molecule has 6 nitrogen and oxygen atoms in total. The van der Waals surface area contributed by atoms with Crippen LogP contribution in [0.25, 0.3) is 0 Å². The number of ether oxygens (including phenoxy) is 1. The highest BCUT2D eigenvalue weighted by atomic mass is 16.5. The molecule has 0 spiro atoms. The molecule has 1 aliphatic rings. The number of nitrogen functional groups attached to an aromatic ring is 1. The first-order valence-corrected chi connectivity index (χ1v) is 7.14. The van der Waals surface area contributed by atoms with E-state index in [-0.39, 0.29) is 0 Å². The van der Waals surface area contributed by atoms with Gasteiger partial charge in [0.2, 0.25) is 5.88 Å². The van der Waals surface area contributed by atoms with Crippen molar-refractivity contribution in [3.05, 3.63) is 29.7 Å². The Morgan fingerprint density at radius 3 is 2.90 bits per heavy atom. The maximum Gasteiger partial charge on any atom is 0.239 e. The van der Waals surface area contributed by atoms with Crippen molar-refractivity contribution in [1.29, 1.82) is 0 Å². The second kappa shape index (κ2) is 5.63. The third-order valence-electron chi connectivity index (χ3n) is 3.49. The summed E-state index contributed by atoms with van der Waals surface area (Å²) in [6, 6.07) is 5.62. The van der Waals surface area contributed by atoms with Gasteiger partial charge in [0.05, 0.1) is 18.8 Å². The molecule has 21 heavy (non-hydrogen) atoms. The van der Waals surface area contributed by atoms with Crippen LogP contribution in [0.1, 0.15) is 24.3 Å². The Morgan fingerprint density at radius 2 is 2.24 bits per heavy atom. The first kappa shape index (κ1) is 13.7. The van der Waals surface area contributed by atoms with Crippen LogP contribution in [0.4, 0.5) is 11.5 Å². The SMILES string of the molecule is Cc1cc(CN(C)c2ccc(N)c(OCC3CC3)n2)no1. The summed E-state index contributed by atoms with van der Waals surface area (Å²) in [5.74, 6) is 2.79. The van der Waals surface area contributed by atoms with E-state index in [0.717, 1.165) is 17.3 Å². The van der Waals surface area contributed by atoms with E-state index in [1.54, 1.807) is 0 Å². The largest absolute Gasteiger partial charge is 0.476 e. The van der Waals surface area contributed by atoms with Gasteiger partial charge in [0.25, 0.3) is 0 Å². The van der Waals surface area contributed by atoms with E-state index in [1.165, 1.54) is 12.8 Å². The van der Waals surface area contributed by atoms with Gasteiger partial charge >= 0.3 is 0 Å². The molecule has 0 bridgehead atoms. The average molecular weight is 288 g/mol. The van der Waals surface area contributed by atoms with Crippen LogP contribution in [0.2, 0.25) is 0 Å². The third kappa shape index (κ3) is 3.45. The Labute approximate surface area is 123 Å². The smallest absolute Gasteiger partial charge is 0.239 e. The van der Waals surface area contributed by atoms with Crippen LogP contribution in [-0.4, -0.2) is 23.8 Å². The molecule has 2 heterocycles. The van der Waals surface area contributed by atoms with Gasteiger partial charge in [0.1, 0.15) is 17.3 Å². The first-order chi connectivity index (χ1) is 10.1. The van der Waals surface area contributed by atoms with Gasteiger partial charge in [-0.3, -0.25) is 0 Å². The first-order valence-electron chi connectivity index (χ1n) is 7.14. The quantitative estimate of drug-likeness (QED) is 0.879. The Morgan fingerprint density at radius 1 is 1.43 bits per heavy atom. The Balaban J connectivity index is 1.69. The molecule has 0 amide bonds. The lowest BCUT2D eigenvalue weighted by molar-refractivity contribution is 0.290. The zero-order chi connectivity index (χ0) is 14.8.